The first-order valence-corrected chi connectivity index (χ1v) is 10.7. The maximum Gasteiger partial charge on any atom is 0.329 e. The molecule has 1 aliphatic rings. The van der Waals surface area contributed by atoms with Gasteiger partial charge in [0.05, 0.1) is 11.1 Å². The highest BCUT2D eigenvalue weighted by atomic mass is 16.5. The van der Waals surface area contributed by atoms with E-state index < -0.39 is 35.8 Å². The van der Waals surface area contributed by atoms with Gasteiger partial charge in [-0.05, 0) is 62.4 Å². The number of nitrogens with zero attached hydrogens (tertiary/aromatic N) is 1. The molecule has 0 saturated carbocycles. The fourth-order valence-corrected chi connectivity index (χ4v) is 3.47. The summed E-state index contributed by atoms with van der Waals surface area (Å²) in [5, 5.41) is 2.66. The van der Waals surface area contributed by atoms with Crippen LogP contribution in [0.25, 0.3) is 0 Å². The van der Waals surface area contributed by atoms with Gasteiger partial charge in [-0.1, -0.05) is 30.3 Å². The summed E-state index contributed by atoms with van der Waals surface area (Å²) in [6, 6.07) is 21.1. The van der Waals surface area contributed by atoms with Crippen LogP contribution in [-0.4, -0.2) is 40.7 Å². The van der Waals surface area contributed by atoms with Gasteiger partial charge in [0, 0.05) is 5.69 Å². The van der Waals surface area contributed by atoms with Crippen LogP contribution in [0, 0.1) is 0 Å². The van der Waals surface area contributed by atoms with E-state index in [2.05, 4.69) is 5.32 Å². The minimum Gasteiger partial charge on any atom is -0.457 e. The Morgan fingerprint density at radius 3 is 1.88 bits per heavy atom. The first-order chi connectivity index (χ1) is 16.3. The number of amides is 3. The highest BCUT2D eigenvalue weighted by Gasteiger charge is 2.41. The van der Waals surface area contributed by atoms with Gasteiger partial charge in [0.1, 0.15) is 17.5 Å². The summed E-state index contributed by atoms with van der Waals surface area (Å²) in [6.07, 6.45) is -1.15. The third-order valence-corrected chi connectivity index (χ3v) is 5.32. The third-order valence-electron chi connectivity index (χ3n) is 5.32. The SMILES string of the molecule is CC(OC(=O)C(C)N1C(=O)c2ccccc2C1=O)C(=O)Nc1ccc(Oc2ccccc2)cc1. The molecule has 172 valence electrons. The summed E-state index contributed by atoms with van der Waals surface area (Å²) in [5.74, 6) is -1.27. The molecule has 0 fully saturated rings. The second-order valence-corrected chi connectivity index (χ2v) is 7.71. The smallest absolute Gasteiger partial charge is 0.329 e. The van der Waals surface area contributed by atoms with Crippen molar-refractivity contribution in [1.82, 2.24) is 4.90 Å². The molecule has 2 atom stereocenters. The van der Waals surface area contributed by atoms with Gasteiger partial charge in [-0.2, -0.15) is 0 Å². The third kappa shape index (κ3) is 4.66. The average molecular weight is 458 g/mol. The van der Waals surface area contributed by atoms with Crippen molar-refractivity contribution in [3.05, 3.63) is 90.0 Å². The molecule has 3 aromatic rings. The molecule has 3 aromatic carbocycles. The second kappa shape index (κ2) is 9.58. The zero-order chi connectivity index (χ0) is 24.2. The van der Waals surface area contributed by atoms with E-state index in [0.29, 0.717) is 17.2 Å². The Morgan fingerprint density at radius 2 is 1.29 bits per heavy atom. The van der Waals surface area contributed by atoms with Gasteiger partial charge in [-0.15, -0.1) is 0 Å². The van der Waals surface area contributed by atoms with E-state index in [4.69, 9.17) is 9.47 Å². The van der Waals surface area contributed by atoms with Crippen molar-refractivity contribution in [2.75, 3.05) is 5.32 Å². The molecule has 8 heteroatoms. The van der Waals surface area contributed by atoms with Gasteiger partial charge in [0.25, 0.3) is 17.7 Å². The molecule has 0 spiro atoms. The molecule has 0 aliphatic carbocycles. The number of rotatable bonds is 7. The lowest BCUT2D eigenvalue weighted by Crippen LogP contribution is -2.45. The molecule has 0 aromatic heterocycles. The molecule has 1 N–H and O–H groups in total. The minimum absolute atomic E-state index is 0.234. The van der Waals surface area contributed by atoms with E-state index in [1.54, 1.807) is 36.4 Å². The lowest BCUT2D eigenvalue weighted by atomic mass is 10.1. The molecule has 0 bridgehead atoms. The maximum absolute atomic E-state index is 12.6. The Bertz CT molecular complexity index is 1200. The highest BCUT2D eigenvalue weighted by molar-refractivity contribution is 6.22. The predicted octanol–water partition coefficient (Wildman–Crippen LogP) is 4.03. The molecule has 2 unspecified atom stereocenters. The largest absolute Gasteiger partial charge is 0.457 e. The highest BCUT2D eigenvalue weighted by Crippen LogP contribution is 2.25. The van der Waals surface area contributed by atoms with Gasteiger partial charge < -0.3 is 14.8 Å². The number of imide groups is 1. The van der Waals surface area contributed by atoms with Crippen molar-refractivity contribution in [3.63, 3.8) is 0 Å². The van der Waals surface area contributed by atoms with E-state index in [9.17, 15) is 19.2 Å². The Hall–Kier alpha value is -4.46. The van der Waals surface area contributed by atoms with E-state index >= 15 is 0 Å². The fraction of sp³-hybridized carbons (Fsp3) is 0.154. The van der Waals surface area contributed by atoms with Crippen LogP contribution in [0.3, 0.4) is 0 Å². The number of esters is 1. The number of fused-ring (bicyclic) bond motifs is 1. The van der Waals surface area contributed by atoms with E-state index in [1.165, 1.54) is 26.0 Å². The first-order valence-electron chi connectivity index (χ1n) is 10.7. The van der Waals surface area contributed by atoms with Crippen molar-refractivity contribution in [2.24, 2.45) is 0 Å². The van der Waals surface area contributed by atoms with Gasteiger partial charge >= 0.3 is 5.97 Å². The Kier molecular flexibility index (Phi) is 6.40. The monoisotopic (exact) mass is 458 g/mol. The Morgan fingerprint density at radius 1 is 0.765 bits per heavy atom. The van der Waals surface area contributed by atoms with Crippen molar-refractivity contribution in [3.8, 4) is 11.5 Å². The van der Waals surface area contributed by atoms with Crippen LogP contribution >= 0.6 is 0 Å². The normalized spacial score (nSPS) is 14.2. The van der Waals surface area contributed by atoms with E-state index in [-0.39, 0.29) is 11.1 Å². The molecule has 3 amide bonds. The Balaban J connectivity index is 1.33. The molecule has 4 rings (SSSR count). The summed E-state index contributed by atoms with van der Waals surface area (Å²) in [5.41, 5.74) is 0.956. The number of nitrogens with one attached hydrogen (secondary N) is 1. The summed E-state index contributed by atoms with van der Waals surface area (Å²) >= 11 is 0. The van der Waals surface area contributed by atoms with Gasteiger partial charge in [0.2, 0.25) is 0 Å². The topological polar surface area (TPSA) is 102 Å². The lowest BCUT2D eigenvalue weighted by Gasteiger charge is -2.22. The molecule has 34 heavy (non-hydrogen) atoms. The molecule has 8 nitrogen and oxygen atoms in total. The van der Waals surface area contributed by atoms with Gasteiger partial charge in [0.15, 0.2) is 6.10 Å². The van der Waals surface area contributed by atoms with Crippen molar-refractivity contribution >= 4 is 29.4 Å². The number of hydrogen-bond acceptors (Lipinski definition) is 6. The van der Waals surface area contributed by atoms with Crippen LogP contribution in [0.2, 0.25) is 0 Å². The van der Waals surface area contributed by atoms with Crippen LogP contribution in [0.15, 0.2) is 78.9 Å². The number of benzene rings is 3. The lowest BCUT2D eigenvalue weighted by molar-refractivity contribution is -0.156. The number of carbonyl (C=O) groups excluding carboxylic acids is 4. The maximum atomic E-state index is 12.6. The zero-order valence-corrected chi connectivity index (χ0v) is 18.6. The van der Waals surface area contributed by atoms with E-state index in [0.717, 1.165) is 4.90 Å². The van der Waals surface area contributed by atoms with Crippen LogP contribution in [0.4, 0.5) is 5.69 Å². The van der Waals surface area contributed by atoms with Crippen LogP contribution in [-0.2, 0) is 14.3 Å². The zero-order valence-electron chi connectivity index (χ0n) is 18.6. The summed E-state index contributed by atoms with van der Waals surface area (Å²) < 4.78 is 10.9. The fourth-order valence-electron chi connectivity index (χ4n) is 3.47. The van der Waals surface area contributed by atoms with Gasteiger partial charge in [-0.3, -0.25) is 19.3 Å². The van der Waals surface area contributed by atoms with E-state index in [1.807, 2.05) is 30.3 Å². The average Bonchev–Trinajstić information content (AvgIpc) is 3.10. The summed E-state index contributed by atoms with van der Waals surface area (Å²) in [6.45, 7) is 2.80. The summed E-state index contributed by atoms with van der Waals surface area (Å²) in [4.78, 5) is 51.1. The molecular formula is C26H22N2O6. The second-order valence-electron chi connectivity index (χ2n) is 7.71. The minimum atomic E-state index is -1.18. The molecule has 0 saturated heterocycles. The molecule has 1 aliphatic heterocycles. The first kappa shape index (κ1) is 22.7. The quantitative estimate of drug-likeness (QED) is 0.424. The number of para-hydroxylation sites is 1. The number of carbonyl (C=O) groups is 4. The standard InChI is InChI=1S/C26H22N2O6/c1-16(28-24(30)21-10-6-7-11-22(21)25(28)31)26(32)33-17(2)23(29)27-18-12-14-20(15-13-18)34-19-8-4-3-5-9-19/h3-17H,1-2H3,(H,27,29). The van der Waals surface area contributed by atoms with Crippen molar-refractivity contribution in [1.29, 1.82) is 0 Å². The Labute approximate surface area is 196 Å². The summed E-state index contributed by atoms with van der Waals surface area (Å²) in [7, 11) is 0. The van der Waals surface area contributed by atoms with Crippen LogP contribution in [0.1, 0.15) is 34.6 Å². The van der Waals surface area contributed by atoms with Crippen LogP contribution in [0.5, 0.6) is 11.5 Å². The number of anilines is 1. The van der Waals surface area contributed by atoms with Crippen molar-refractivity contribution < 1.29 is 28.7 Å². The number of ether oxygens (including phenoxy) is 2. The van der Waals surface area contributed by atoms with Gasteiger partial charge in [-0.25, -0.2) is 4.79 Å². The van der Waals surface area contributed by atoms with Crippen LogP contribution < -0.4 is 10.1 Å². The molecule has 0 radical (unpaired) electrons. The predicted molar refractivity (Wildman–Crippen MR) is 124 cm³/mol. The molecular weight excluding hydrogens is 436 g/mol. The van der Waals surface area contributed by atoms with Crippen molar-refractivity contribution in [2.45, 2.75) is 26.0 Å². The molecule has 1 heterocycles. The number of hydrogen-bond donors (Lipinski definition) is 1.